The molecule has 0 radical (unpaired) electrons. The van der Waals surface area contributed by atoms with Crippen LogP contribution in [0.25, 0.3) is 16.6 Å². The number of benzene rings is 2. The predicted octanol–water partition coefficient (Wildman–Crippen LogP) is 2.36. The van der Waals surface area contributed by atoms with Crippen LogP contribution in [-0.2, 0) is 27.7 Å². The highest BCUT2D eigenvalue weighted by atomic mass is 16.6. The third kappa shape index (κ3) is 5.76. The van der Waals surface area contributed by atoms with Gasteiger partial charge in [-0.3, -0.25) is 9.36 Å². The van der Waals surface area contributed by atoms with Crippen LogP contribution in [0, 0.1) is 0 Å². The minimum absolute atomic E-state index is 0.128. The van der Waals surface area contributed by atoms with Gasteiger partial charge in [0.1, 0.15) is 11.6 Å². The maximum absolute atomic E-state index is 13.3. The number of alkyl carbamates (subject to hydrolysis) is 1. The Hall–Kier alpha value is -4.08. The van der Waals surface area contributed by atoms with Gasteiger partial charge in [-0.15, -0.1) is 0 Å². The van der Waals surface area contributed by atoms with Gasteiger partial charge in [-0.2, -0.15) is 0 Å². The van der Waals surface area contributed by atoms with Gasteiger partial charge in [-0.05, 0) is 56.7 Å². The molecular weight excluding hydrogens is 464 g/mol. The highest BCUT2D eigenvalue weighted by molar-refractivity contribution is 5.83. The number of ether oxygens (including phenoxy) is 2. The number of rotatable bonds is 6. The molecule has 10 nitrogen and oxygen atoms in total. The fourth-order valence-electron chi connectivity index (χ4n) is 3.76. The molecule has 0 aliphatic carbocycles. The number of aromatic nitrogens is 2. The molecule has 10 heteroatoms. The number of carbonyl (C=O) groups excluding carboxylic acids is 2. The summed E-state index contributed by atoms with van der Waals surface area (Å²) in [6.45, 7) is 5.16. The Labute approximate surface area is 209 Å². The average molecular weight is 497 g/mol. The van der Waals surface area contributed by atoms with Crippen molar-refractivity contribution in [2.24, 2.45) is 7.05 Å². The molecule has 1 aromatic heterocycles. The number of methoxy groups -OCH3 is 1. The van der Waals surface area contributed by atoms with Gasteiger partial charge in [-0.25, -0.2) is 19.0 Å². The number of nitrogens with one attached hydrogen (secondary N) is 1. The first-order valence-corrected chi connectivity index (χ1v) is 11.4. The number of hydrogen-bond donors (Lipinski definition) is 1. The Balaban J connectivity index is 1.95. The number of carbonyl (C=O) groups is 2. The van der Waals surface area contributed by atoms with E-state index in [1.807, 2.05) is 25.1 Å². The van der Waals surface area contributed by atoms with Gasteiger partial charge in [0.05, 0.1) is 23.7 Å². The van der Waals surface area contributed by atoms with Crippen molar-refractivity contribution in [3.8, 4) is 5.69 Å². The number of nitrogens with zero attached hydrogens (tertiary/aromatic N) is 3. The summed E-state index contributed by atoms with van der Waals surface area (Å²) in [5, 5.41) is 2.95. The summed E-state index contributed by atoms with van der Waals surface area (Å²) in [4.78, 5) is 52.7. The van der Waals surface area contributed by atoms with E-state index in [-0.39, 0.29) is 6.42 Å². The first-order valence-electron chi connectivity index (χ1n) is 11.4. The van der Waals surface area contributed by atoms with Crippen molar-refractivity contribution in [1.82, 2.24) is 14.5 Å². The summed E-state index contributed by atoms with van der Waals surface area (Å²) < 4.78 is 12.6. The number of anilines is 1. The van der Waals surface area contributed by atoms with Crippen molar-refractivity contribution in [3.63, 3.8) is 0 Å². The molecule has 0 bridgehead atoms. The molecule has 0 aliphatic heterocycles. The van der Waals surface area contributed by atoms with Crippen LogP contribution in [-0.4, -0.2) is 54.0 Å². The SMILES string of the molecule is COC(=O)[C@H](Cc1ccc(-n2c(=O)c3cc(N(C)C)ccc3n(C)c2=O)cc1)NC(=O)OC(C)(C)C. The normalized spacial score (nSPS) is 12.2. The standard InChI is InChI=1S/C26H32N4O6/c1-26(2,3)36-24(33)27-20(23(32)35-7)14-16-8-10-17(11-9-16)30-22(31)19-15-18(28(4)5)12-13-21(19)29(6)25(30)34/h8-13,15,20H,14H2,1-7H3,(H,27,33)/t20-/m0/s1. The molecule has 0 spiro atoms. The van der Waals surface area contributed by atoms with Crippen molar-refractivity contribution >= 4 is 28.7 Å². The molecule has 0 saturated heterocycles. The Morgan fingerprint density at radius 1 is 1.06 bits per heavy atom. The van der Waals surface area contributed by atoms with E-state index in [1.54, 1.807) is 64.2 Å². The second kappa shape index (κ2) is 10.3. The zero-order valence-electron chi connectivity index (χ0n) is 21.6. The number of esters is 1. The summed E-state index contributed by atoms with van der Waals surface area (Å²) in [7, 11) is 6.60. The van der Waals surface area contributed by atoms with E-state index < -0.39 is 35.0 Å². The first kappa shape index (κ1) is 26.5. The fraction of sp³-hybridized carbons (Fsp3) is 0.385. The van der Waals surface area contributed by atoms with Gasteiger partial charge >= 0.3 is 17.8 Å². The molecule has 1 heterocycles. The molecule has 0 aliphatic rings. The lowest BCUT2D eigenvalue weighted by Gasteiger charge is -2.22. The van der Waals surface area contributed by atoms with E-state index in [2.05, 4.69) is 5.32 Å². The Bertz CT molecular complexity index is 1400. The maximum Gasteiger partial charge on any atom is 0.408 e. The molecular formula is C26H32N4O6. The van der Waals surface area contributed by atoms with Gasteiger partial charge in [0.15, 0.2) is 0 Å². The third-order valence-electron chi connectivity index (χ3n) is 5.58. The Morgan fingerprint density at radius 3 is 2.25 bits per heavy atom. The van der Waals surface area contributed by atoms with Crippen LogP contribution >= 0.6 is 0 Å². The van der Waals surface area contributed by atoms with Crippen LogP contribution in [0.3, 0.4) is 0 Å². The average Bonchev–Trinajstić information content (AvgIpc) is 2.81. The highest BCUT2D eigenvalue weighted by Crippen LogP contribution is 2.18. The van der Waals surface area contributed by atoms with Crippen molar-refractivity contribution in [2.45, 2.75) is 38.8 Å². The molecule has 0 saturated carbocycles. The van der Waals surface area contributed by atoms with E-state index in [0.29, 0.717) is 22.2 Å². The van der Waals surface area contributed by atoms with Crippen molar-refractivity contribution in [3.05, 3.63) is 68.9 Å². The minimum atomic E-state index is -0.976. The molecule has 36 heavy (non-hydrogen) atoms. The molecule has 192 valence electrons. The molecule has 1 atom stereocenters. The molecule has 3 rings (SSSR count). The monoisotopic (exact) mass is 496 g/mol. The minimum Gasteiger partial charge on any atom is -0.467 e. The highest BCUT2D eigenvalue weighted by Gasteiger charge is 2.25. The second-order valence-corrected chi connectivity index (χ2v) is 9.67. The molecule has 2 aromatic carbocycles. The van der Waals surface area contributed by atoms with Gasteiger partial charge < -0.3 is 19.7 Å². The van der Waals surface area contributed by atoms with Gasteiger partial charge in [0.25, 0.3) is 5.56 Å². The molecule has 0 unspecified atom stereocenters. The van der Waals surface area contributed by atoms with Crippen LogP contribution in [0.4, 0.5) is 10.5 Å². The molecule has 0 fully saturated rings. The van der Waals surface area contributed by atoms with E-state index in [1.165, 1.54) is 11.7 Å². The summed E-state index contributed by atoms with van der Waals surface area (Å²) in [5.41, 5.74) is 0.825. The predicted molar refractivity (Wildman–Crippen MR) is 138 cm³/mol. The largest absolute Gasteiger partial charge is 0.467 e. The van der Waals surface area contributed by atoms with E-state index in [0.717, 1.165) is 10.3 Å². The second-order valence-electron chi connectivity index (χ2n) is 9.67. The lowest BCUT2D eigenvalue weighted by molar-refractivity contribution is -0.143. The third-order valence-corrected chi connectivity index (χ3v) is 5.58. The fourth-order valence-corrected chi connectivity index (χ4v) is 3.76. The molecule has 1 amide bonds. The molecule has 1 N–H and O–H groups in total. The lowest BCUT2D eigenvalue weighted by Crippen LogP contribution is -2.45. The lowest BCUT2D eigenvalue weighted by atomic mass is 10.1. The summed E-state index contributed by atoms with van der Waals surface area (Å²) in [6.07, 6.45) is -0.610. The quantitative estimate of drug-likeness (QED) is 0.522. The van der Waals surface area contributed by atoms with E-state index >= 15 is 0 Å². The Kier molecular flexibility index (Phi) is 7.57. The van der Waals surface area contributed by atoms with Crippen LogP contribution in [0.1, 0.15) is 26.3 Å². The maximum atomic E-state index is 13.3. The smallest absolute Gasteiger partial charge is 0.408 e. The molecule has 3 aromatic rings. The number of fused-ring (bicyclic) bond motifs is 1. The summed E-state index contributed by atoms with van der Waals surface area (Å²) in [5.74, 6) is -0.624. The zero-order valence-corrected chi connectivity index (χ0v) is 21.6. The number of amides is 1. The van der Waals surface area contributed by atoms with Crippen LogP contribution in [0.5, 0.6) is 0 Å². The van der Waals surface area contributed by atoms with E-state index in [4.69, 9.17) is 9.47 Å². The van der Waals surface area contributed by atoms with Gasteiger partial charge in [0.2, 0.25) is 0 Å². The topological polar surface area (TPSA) is 112 Å². The number of aryl methyl sites for hydroxylation is 1. The Morgan fingerprint density at radius 2 is 1.69 bits per heavy atom. The van der Waals surface area contributed by atoms with Crippen LogP contribution in [0.2, 0.25) is 0 Å². The first-order chi connectivity index (χ1) is 16.8. The zero-order chi connectivity index (χ0) is 26.8. The summed E-state index contributed by atoms with van der Waals surface area (Å²) >= 11 is 0. The van der Waals surface area contributed by atoms with Crippen molar-refractivity contribution in [2.75, 3.05) is 26.1 Å². The summed E-state index contributed by atoms with van der Waals surface area (Å²) in [6, 6.07) is 11.0. The van der Waals surface area contributed by atoms with Crippen LogP contribution in [0.15, 0.2) is 52.1 Å². The van der Waals surface area contributed by atoms with Crippen molar-refractivity contribution in [1.29, 1.82) is 0 Å². The van der Waals surface area contributed by atoms with Crippen LogP contribution < -0.4 is 21.5 Å². The van der Waals surface area contributed by atoms with E-state index in [9.17, 15) is 19.2 Å². The number of hydrogen-bond acceptors (Lipinski definition) is 7. The van der Waals surface area contributed by atoms with Gasteiger partial charge in [0, 0.05) is 33.3 Å². The van der Waals surface area contributed by atoms with Crippen molar-refractivity contribution < 1.29 is 19.1 Å². The van der Waals surface area contributed by atoms with Gasteiger partial charge in [-0.1, -0.05) is 12.1 Å².